The number of hydrogen-bond donors (Lipinski definition) is 0. The van der Waals surface area contributed by atoms with E-state index in [1.165, 1.54) is 44.3 Å². The zero-order valence-electron chi connectivity index (χ0n) is 20.2. The van der Waals surface area contributed by atoms with E-state index in [0.29, 0.717) is 18.3 Å². The molecule has 0 bridgehead atoms. The molecule has 2 nitrogen and oxygen atoms in total. The standard InChI is InChI=1S/C29H40FNO/c1-4-7-28-21(2)17-31(18-22(28)3)19-23-10-12-24(13-11-23)25-14-15-26(29(30)16-25)20-32-27-8-5-6-9-27/h10-16,21-22,27-28H,4-9,17-20H2,1-3H3. The molecule has 4 rings (SSSR count). The molecular weight excluding hydrogens is 397 g/mol. The Kier molecular flexibility index (Phi) is 8.02. The molecule has 1 saturated heterocycles. The minimum atomic E-state index is -0.164. The van der Waals surface area contributed by atoms with Crippen molar-refractivity contribution in [2.24, 2.45) is 17.8 Å². The van der Waals surface area contributed by atoms with Crippen LogP contribution in [-0.4, -0.2) is 24.1 Å². The number of rotatable bonds is 8. The maximum atomic E-state index is 14.7. The van der Waals surface area contributed by atoms with E-state index in [4.69, 9.17) is 4.74 Å². The van der Waals surface area contributed by atoms with Crippen molar-refractivity contribution < 1.29 is 9.13 Å². The van der Waals surface area contributed by atoms with Gasteiger partial charge in [0.15, 0.2) is 0 Å². The summed E-state index contributed by atoms with van der Waals surface area (Å²) in [6.45, 7) is 10.9. The van der Waals surface area contributed by atoms with Gasteiger partial charge in [-0.05, 0) is 53.4 Å². The van der Waals surface area contributed by atoms with E-state index >= 15 is 0 Å². The highest BCUT2D eigenvalue weighted by Crippen LogP contribution is 2.33. The van der Waals surface area contributed by atoms with Gasteiger partial charge in [0, 0.05) is 25.2 Å². The molecule has 174 valence electrons. The summed E-state index contributed by atoms with van der Waals surface area (Å²) in [5.74, 6) is 2.22. The third-order valence-electron chi connectivity index (χ3n) is 7.70. The number of nitrogens with zero attached hydrogens (tertiary/aromatic N) is 1. The minimum Gasteiger partial charge on any atom is -0.373 e. The van der Waals surface area contributed by atoms with E-state index in [0.717, 1.165) is 48.3 Å². The largest absolute Gasteiger partial charge is 0.373 e. The number of ether oxygens (including phenoxy) is 1. The summed E-state index contributed by atoms with van der Waals surface area (Å²) in [4.78, 5) is 2.61. The highest BCUT2D eigenvalue weighted by molar-refractivity contribution is 5.64. The predicted molar refractivity (Wildman–Crippen MR) is 131 cm³/mol. The Balaban J connectivity index is 1.34. The van der Waals surface area contributed by atoms with Crippen molar-refractivity contribution in [1.29, 1.82) is 0 Å². The van der Waals surface area contributed by atoms with Gasteiger partial charge in [-0.1, -0.05) is 82.9 Å². The average molecular weight is 438 g/mol. The van der Waals surface area contributed by atoms with Gasteiger partial charge in [-0.25, -0.2) is 4.39 Å². The third-order valence-corrected chi connectivity index (χ3v) is 7.70. The Morgan fingerprint density at radius 3 is 2.22 bits per heavy atom. The summed E-state index contributed by atoms with van der Waals surface area (Å²) < 4.78 is 20.6. The monoisotopic (exact) mass is 437 g/mol. The summed E-state index contributed by atoms with van der Waals surface area (Å²) in [6.07, 6.45) is 7.64. The molecule has 2 aromatic rings. The molecule has 0 aromatic heterocycles. The van der Waals surface area contributed by atoms with E-state index in [-0.39, 0.29) is 5.82 Å². The summed E-state index contributed by atoms with van der Waals surface area (Å²) in [7, 11) is 0. The summed E-state index contributed by atoms with van der Waals surface area (Å²) in [6, 6.07) is 14.2. The van der Waals surface area contributed by atoms with Crippen molar-refractivity contribution in [3.63, 3.8) is 0 Å². The molecule has 1 heterocycles. The van der Waals surface area contributed by atoms with E-state index in [2.05, 4.69) is 49.9 Å². The van der Waals surface area contributed by atoms with E-state index in [9.17, 15) is 4.39 Å². The van der Waals surface area contributed by atoms with Gasteiger partial charge in [0.2, 0.25) is 0 Å². The van der Waals surface area contributed by atoms with Crippen molar-refractivity contribution >= 4 is 0 Å². The van der Waals surface area contributed by atoms with Gasteiger partial charge in [0.1, 0.15) is 5.82 Å². The second kappa shape index (κ2) is 10.9. The first-order chi connectivity index (χ1) is 15.5. The molecule has 0 radical (unpaired) electrons. The summed E-state index contributed by atoms with van der Waals surface area (Å²) >= 11 is 0. The van der Waals surface area contributed by atoms with Crippen LogP contribution in [0.2, 0.25) is 0 Å². The Labute approximate surface area is 194 Å². The molecule has 2 fully saturated rings. The maximum Gasteiger partial charge on any atom is 0.129 e. The van der Waals surface area contributed by atoms with Crippen molar-refractivity contribution in [2.45, 2.75) is 78.6 Å². The molecule has 2 aliphatic rings. The normalized spacial score (nSPS) is 24.8. The number of benzene rings is 2. The Morgan fingerprint density at radius 1 is 0.938 bits per heavy atom. The fourth-order valence-electron chi connectivity index (χ4n) is 5.92. The topological polar surface area (TPSA) is 12.5 Å². The van der Waals surface area contributed by atoms with E-state index in [1.54, 1.807) is 6.07 Å². The van der Waals surface area contributed by atoms with Crippen molar-refractivity contribution in [3.05, 3.63) is 59.4 Å². The molecule has 0 spiro atoms. The second-order valence-electron chi connectivity index (χ2n) is 10.3. The number of halogens is 1. The van der Waals surface area contributed by atoms with Crippen LogP contribution in [0.25, 0.3) is 11.1 Å². The highest BCUT2D eigenvalue weighted by Gasteiger charge is 2.30. The Morgan fingerprint density at radius 2 is 1.59 bits per heavy atom. The van der Waals surface area contributed by atoms with Gasteiger partial charge >= 0.3 is 0 Å². The van der Waals surface area contributed by atoms with Gasteiger partial charge in [-0.15, -0.1) is 0 Å². The van der Waals surface area contributed by atoms with Crippen LogP contribution in [0.15, 0.2) is 42.5 Å². The summed E-state index contributed by atoms with van der Waals surface area (Å²) in [5, 5.41) is 0. The summed E-state index contributed by atoms with van der Waals surface area (Å²) in [5.41, 5.74) is 4.00. The number of likely N-dealkylation sites (tertiary alicyclic amines) is 1. The average Bonchev–Trinajstić information content (AvgIpc) is 3.30. The quantitative estimate of drug-likeness (QED) is 0.425. The Bertz CT molecular complexity index is 846. The number of hydrogen-bond acceptors (Lipinski definition) is 2. The minimum absolute atomic E-state index is 0.164. The van der Waals surface area contributed by atoms with E-state index in [1.807, 2.05) is 12.1 Å². The third kappa shape index (κ3) is 5.80. The lowest BCUT2D eigenvalue weighted by molar-refractivity contribution is 0.0441. The van der Waals surface area contributed by atoms with E-state index < -0.39 is 0 Å². The van der Waals surface area contributed by atoms with Gasteiger partial charge in [-0.3, -0.25) is 4.90 Å². The lowest BCUT2D eigenvalue weighted by Crippen LogP contribution is -2.43. The number of piperidine rings is 1. The second-order valence-corrected chi connectivity index (χ2v) is 10.3. The SMILES string of the molecule is CCCC1C(C)CN(Cc2ccc(-c3ccc(COC4CCCC4)c(F)c3)cc2)CC1C. The van der Waals surface area contributed by atoms with Crippen LogP contribution in [0.4, 0.5) is 4.39 Å². The molecule has 32 heavy (non-hydrogen) atoms. The van der Waals surface area contributed by atoms with Crippen molar-refractivity contribution in [2.75, 3.05) is 13.1 Å². The molecule has 0 amide bonds. The van der Waals surface area contributed by atoms with Crippen LogP contribution in [0, 0.1) is 23.6 Å². The first-order valence-electron chi connectivity index (χ1n) is 12.7. The molecule has 2 aromatic carbocycles. The first-order valence-corrected chi connectivity index (χ1v) is 12.7. The lowest BCUT2D eigenvalue weighted by atomic mass is 9.77. The van der Waals surface area contributed by atoms with Crippen LogP contribution < -0.4 is 0 Å². The Hall–Kier alpha value is -1.71. The fraction of sp³-hybridized carbons (Fsp3) is 0.586. The van der Waals surface area contributed by atoms with Crippen LogP contribution in [0.5, 0.6) is 0 Å². The fourth-order valence-corrected chi connectivity index (χ4v) is 5.92. The zero-order chi connectivity index (χ0) is 22.5. The van der Waals surface area contributed by atoms with Crippen LogP contribution in [-0.2, 0) is 17.9 Å². The lowest BCUT2D eigenvalue weighted by Gasteiger charge is -2.41. The van der Waals surface area contributed by atoms with Gasteiger partial charge in [-0.2, -0.15) is 0 Å². The maximum absolute atomic E-state index is 14.7. The molecule has 2 unspecified atom stereocenters. The molecule has 1 aliphatic heterocycles. The zero-order valence-corrected chi connectivity index (χ0v) is 20.2. The van der Waals surface area contributed by atoms with Crippen LogP contribution in [0.3, 0.4) is 0 Å². The predicted octanol–water partition coefficient (Wildman–Crippen LogP) is 7.46. The molecule has 0 N–H and O–H groups in total. The first kappa shape index (κ1) is 23.4. The van der Waals surface area contributed by atoms with Crippen LogP contribution >= 0.6 is 0 Å². The van der Waals surface area contributed by atoms with Gasteiger partial charge in [0.25, 0.3) is 0 Å². The molecule has 1 aliphatic carbocycles. The van der Waals surface area contributed by atoms with Gasteiger partial charge in [0.05, 0.1) is 12.7 Å². The molecule has 1 saturated carbocycles. The molecular formula is C29H40FNO. The molecule has 3 heteroatoms. The van der Waals surface area contributed by atoms with Crippen molar-refractivity contribution in [1.82, 2.24) is 4.90 Å². The van der Waals surface area contributed by atoms with Crippen molar-refractivity contribution in [3.8, 4) is 11.1 Å². The van der Waals surface area contributed by atoms with Gasteiger partial charge < -0.3 is 4.74 Å². The highest BCUT2D eigenvalue weighted by atomic mass is 19.1. The molecule has 2 atom stereocenters. The smallest absolute Gasteiger partial charge is 0.129 e. The van der Waals surface area contributed by atoms with Crippen LogP contribution in [0.1, 0.15) is 70.4 Å².